The van der Waals surface area contributed by atoms with Gasteiger partial charge in [0.1, 0.15) is 18.1 Å². The average molecular weight is 405 g/mol. The summed E-state index contributed by atoms with van der Waals surface area (Å²) >= 11 is 0. The Morgan fingerprint density at radius 1 is 0.821 bits per heavy atom. The third-order valence-electron chi connectivity index (χ3n) is 3.26. The van der Waals surface area contributed by atoms with E-state index in [9.17, 15) is 28.8 Å². The monoisotopic (exact) mass is 405 g/mol. The Bertz CT molecular complexity index is 637. The van der Waals surface area contributed by atoms with E-state index < -0.39 is 79.2 Å². The first kappa shape index (κ1) is 24.7. The normalized spacial score (nSPS) is 14.7. The molecule has 0 aliphatic carbocycles. The van der Waals surface area contributed by atoms with Crippen molar-refractivity contribution in [3.05, 3.63) is 0 Å². The van der Waals surface area contributed by atoms with Crippen molar-refractivity contribution in [1.82, 2.24) is 16.0 Å². The van der Waals surface area contributed by atoms with E-state index >= 15 is 0 Å². The van der Waals surface area contributed by atoms with E-state index in [-0.39, 0.29) is 0 Å². The van der Waals surface area contributed by atoms with Crippen LogP contribution in [0.15, 0.2) is 0 Å². The molecule has 158 valence electrons. The van der Waals surface area contributed by atoms with Gasteiger partial charge in [-0.25, -0.2) is 4.79 Å². The molecule has 28 heavy (non-hydrogen) atoms. The van der Waals surface area contributed by atoms with Gasteiger partial charge in [-0.3, -0.25) is 24.0 Å². The minimum atomic E-state index is -1.76. The van der Waals surface area contributed by atoms with E-state index in [1.54, 1.807) is 0 Å². The van der Waals surface area contributed by atoms with Crippen LogP contribution in [-0.2, 0) is 28.8 Å². The fourth-order valence-electron chi connectivity index (χ4n) is 1.83. The summed E-state index contributed by atoms with van der Waals surface area (Å²) in [5.41, 5.74) is 10.4. The van der Waals surface area contributed by atoms with Crippen LogP contribution < -0.4 is 27.4 Å². The molecule has 0 aromatic rings. The van der Waals surface area contributed by atoms with E-state index in [0.717, 1.165) is 0 Å². The number of nitrogens with two attached hydrogens (primary N) is 2. The van der Waals surface area contributed by atoms with E-state index in [4.69, 9.17) is 26.8 Å². The van der Waals surface area contributed by atoms with Gasteiger partial charge in [0.2, 0.25) is 23.6 Å². The number of rotatable bonds is 12. The average Bonchev–Trinajstić information content (AvgIpc) is 2.56. The number of carboxylic acids is 2. The molecule has 0 spiro atoms. The predicted molar refractivity (Wildman–Crippen MR) is 90.2 cm³/mol. The number of aliphatic hydroxyl groups excluding tert-OH is 1. The maximum atomic E-state index is 12.3. The maximum Gasteiger partial charge on any atom is 0.328 e. The lowest BCUT2D eigenvalue weighted by molar-refractivity contribution is -0.144. The largest absolute Gasteiger partial charge is 0.481 e. The Kier molecular flexibility index (Phi) is 10.1. The summed E-state index contributed by atoms with van der Waals surface area (Å²) in [5, 5.41) is 32.6. The second-order valence-corrected chi connectivity index (χ2v) is 5.76. The highest BCUT2D eigenvalue weighted by Gasteiger charge is 2.31. The molecule has 10 N–H and O–H groups in total. The molecule has 0 aromatic carbocycles. The molecule has 14 heteroatoms. The molecular formula is C14H23N5O9. The maximum absolute atomic E-state index is 12.3. The zero-order valence-electron chi connectivity index (χ0n) is 14.9. The number of nitrogens with one attached hydrogen (secondary N) is 3. The van der Waals surface area contributed by atoms with Gasteiger partial charge in [0, 0.05) is 0 Å². The van der Waals surface area contributed by atoms with Crippen molar-refractivity contribution >= 4 is 35.6 Å². The van der Waals surface area contributed by atoms with Gasteiger partial charge >= 0.3 is 11.9 Å². The number of amides is 4. The number of hydrogen-bond donors (Lipinski definition) is 8. The van der Waals surface area contributed by atoms with Crippen molar-refractivity contribution in [1.29, 1.82) is 0 Å². The topological polar surface area (TPSA) is 251 Å². The first-order valence-electron chi connectivity index (χ1n) is 7.89. The molecule has 0 saturated carbocycles. The SMILES string of the molecule is CC(N)C(=O)NC(CC(N)=O)C(=O)NC(CC(=O)O)C(=O)NC(CO)C(=O)O. The summed E-state index contributed by atoms with van der Waals surface area (Å²) in [6, 6.07) is -6.09. The molecular weight excluding hydrogens is 382 g/mol. The number of primary amides is 1. The number of carbonyl (C=O) groups is 6. The van der Waals surface area contributed by atoms with Crippen molar-refractivity contribution in [3.8, 4) is 0 Å². The van der Waals surface area contributed by atoms with E-state index in [1.807, 2.05) is 10.6 Å². The Morgan fingerprint density at radius 2 is 1.25 bits per heavy atom. The second-order valence-electron chi connectivity index (χ2n) is 5.76. The van der Waals surface area contributed by atoms with Crippen molar-refractivity contribution in [2.24, 2.45) is 11.5 Å². The van der Waals surface area contributed by atoms with Crippen molar-refractivity contribution < 1.29 is 44.1 Å². The van der Waals surface area contributed by atoms with Crippen LogP contribution in [0.4, 0.5) is 0 Å². The minimum absolute atomic E-state index is 0.667. The van der Waals surface area contributed by atoms with Crippen LogP contribution in [-0.4, -0.2) is 81.7 Å². The lowest BCUT2D eigenvalue weighted by Crippen LogP contribution is -2.58. The number of carboxylic acid groups (broad SMARTS) is 2. The summed E-state index contributed by atoms with van der Waals surface area (Å²) in [7, 11) is 0. The van der Waals surface area contributed by atoms with Crippen molar-refractivity contribution in [3.63, 3.8) is 0 Å². The van der Waals surface area contributed by atoms with E-state index in [1.165, 1.54) is 6.92 Å². The van der Waals surface area contributed by atoms with Crippen molar-refractivity contribution in [2.75, 3.05) is 6.61 Å². The van der Waals surface area contributed by atoms with Gasteiger partial charge in [0.15, 0.2) is 0 Å². The zero-order chi connectivity index (χ0) is 22.0. The van der Waals surface area contributed by atoms with E-state index in [2.05, 4.69) is 5.32 Å². The van der Waals surface area contributed by atoms with Gasteiger partial charge in [-0.05, 0) is 6.92 Å². The molecule has 0 fully saturated rings. The number of aliphatic hydroxyl groups is 1. The van der Waals surface area contributed by atoms with Crippen LogP contribution in [0.3, 0.4) is 0 Å². The highest BCUT2D eigenvalue weighted by atomic mass is 16.4. The first-order chi connectivity index (χ1) is 12.9. The van der Waals surface area contributed by atoms with Gasteiger partial charge in [-0.1, -0.05) is 0 Å². The number of hydrogen-bond acceptors (Lipinski definition) is 8. The lowest BCUT2D eigenvalue weighted by atomic mass is 10.1. The Labute approximate surface area is 158 Å². The Balaban J connectivity index is 5.39. The summed E-state index contributed by atoms with van der Waals surface area (Å²) in [6.07, 6.45) is -1.61. The van der Waals surface area contributed by atoms with Gasteiger partial charge < -0.3 is 42.7 Å². The standard InChI is InChI=1S/C14H23N5O9/c1-5(15)11(24)17-6(2-9(16)21)12(25)18-7(3-10(22)23)13(26)19-8(4-20)14(27)28/h5-8,20H,2-4,15H2,1H3,(H2,16,21)(H,17,24)(H,18,25)(H,19,26)(H,22,23)(H,27,28). The molecule has 4 unspecified atom stereocenters. The van der Waals surface area contributed by atoms with Crippen LogP contribution in [0.2, 0.25) is 0 Å². The lowest BCUT2D eigenvalue weighted by Gasteiger charge is -2.23. The fraction of sp³-hybridized carbons (Fsp3) is 0.571. The van der Waals surface area contributed by atoms with Crippen LogP contribution in [0.5, 0.6) is 0 Å². The van der Waals surface area contributed by atoms with Crippen molar-refractivity contribution in [2.45, 2.75) is 43.9 Å². The predicted octanol–water partition coefficient (Wildman–Crippen LogP) is -4.78. The molecule has 0 aliphatic heterocycles. The van der Waals surface area contributed by atoms with Crippen LogP contribution in [0.1, 0.15) is 19.8 Å². The highest BCUT2D eigenvalue weighted by molar-refractivity contribution is 5.97. The molecule has 4 amide bonds. The molecule has 0 bridgehead atoms. The molecule has 0 rings (SSSR count). The van der Waals surface area contributed by atoms with Gasteiger partial charge in [-0.2, -0.15) is 0 Å². The second kappa shape index (κ2) is 11.5. The summed E-state index contributed by atoms with van der Waals surface area (Å²) in [6.45, 7) is 0.319. The molecule has 0 aliphatic rings. The first-order valence-corrected chi connectivity index (χ1v) is 7.89. The molecule has 0 heterocycles. The molecule has 4 atom stereocenters. The quantitative estimate of drug-likeness (QED) is 0.154. The molecule has 14 nitrogen and oxygen atoms in total. The molecule has 0 aromatic heterocycles. The smallest absolute Gasteiger partial charge is 0.328 e. The van der Waals surface area contributed by atoms with Gasteiger partial charge in [0.05, 0.1) is 25.5 Å². The molecule has 0 radical (unpaired) electrons. The minimum Gasteiger partial charge on any atom is -0.481 e. The summed E-state index contributed by atoms with van der Waals surface area (Å²) in [4.78, 5) is 69.0. The van der Waals surface area contributed by atoms with Crippen LogP contribution in [0.25, 0.3) is 0 Å². The zero-order valence-corrected chi connectivity index (χ0v) is 14.9. The highest BCUT2D eigenvalue weighted by Crippen LogP contribution is 2.00. The summed E-state index contributed by atoms with van der Waals surface area (Å²) < 4.78 is 0. The Morgan fingerprint density at radius 3 is 1.61 bits per heavy atom. The molecule has 0 saturated heterocycles. The Hall–Kier alpha value is -3.26. The summed E-state index contributed by atoms with van der Waals surface area (Å²) in [5.74, 6) is -7.23. The van der Waals surface area contributed by atoms with Gasteiger partial charge in [-0.15, -0.1) is 0 Å². The number of aliphatic carboxylic acids is 2. The van der Waals surface area contributed by atoms with Crippen LogP contribution >= 0.6 is 0 Å². The number of carbonyl (C=O) groups excluding carboxylic acids is 4. The third-order valence-corrected chi connectivity index (χ3v) is 3.26. The van der Waals surface area contributed by atoms with Crippen LogP contribution in [0, 0.1) is 0 Å². The van der Waals surface area contributed by atoms with E-state index in [0.29, 0.717) is 0 Å². The third kappa shape index (κ3) is 8.91. The fourth-order valence-corrected chi connectivity index (χ4v) is 1.83. The van der Waals surface area contributed by atoms with Gasteiger partial charge in [0.25, 0.3) is 0 Å².